The van der Waals surface area contributed by atoms with E-state index in [1.807, 2.05) is 19.9 Å². The van der Waals surface area contributed by atoms with Crippen molar-refractivity contribution < 1.29 is 26.4 Å². The SMILES string of the molecule is CCCC=C(CC(C)NCCc1ccnc(Nc2ccc(S(=O)(=O)NC3CC3)cc2)n1)NC(=O)c1ccc(C)c(C(F)(F)F)c1. The summed E-state index contributed by atoms with van der Waals surface area (Å²) in [5.74, 6) is -0.202. The second-order valence-electron chi connectivity index (χ2n) is 11.2. The third-order valence-corrected chi connectivity index (χ3v) is 8.73. The molecule has 4 N–H and O–H groups in total. The number of aryl methyl sites for hydroxylation is 1. The van der Waals surface area contributed by atoms with Crippen LogP contribution in [0.15, 0.2) is 71.4 Å². The van der Waals surface area contributed by atoms with Gasteiger partial charge in [-0.25, -0.2) is 23.1 Å². The molecule has 1 amide bonds. The first-order valence-corrected chi connectivity index (χ1v) is 16.5. The van der Waals surface area contributed by atoms with E-state index in [9.17, 15) is 26.4 Å². The lowest BCUT2D eigenvalue weighted by atomic mass is 10.0. The molecule has 0 bridgehead atoms. The molecule has 0 spiro atoms. The van der Waals surface area contributed by atoms with Gasteiger partial charge in [0.25, 0.3) is 5.91 Å². The smallest absolute Gasteiger partial charge is 0.326 e. The van der Waals surface area contributed by atoms with E-state index in [1.54, 1.807) is 24.4 Å². The van der Waals surface area contributed by atoms with Crippen molar-refractivity contribution in [2.45, 2.75) is 82.5 Å². The number of nitrogens with one attached hydrogen (secondary N) is 4. The normalized spacial score (nSPS) is 14.7. The summed E-state index contributed by atoms with van der Waals surface area (Å²) in [4.78, 5) is 21.9. The van der Waals surface area contributed by atoms with Crippen LogP contribution >= 0.6 is 0 Å². The zero-order valence-corrected chi connectivity index (χ0v) is 26.4. The van der Waals surface area contributed by atoms with Gasteiger partial charge in [-0.3, -0.25) is 4.79 Å². The molecule has 2 aromatic carbocycles. The van der Waals surface area contributed by atoms with Gasteiger partial charge < -0.3 is 16.0 Å². The van der Waals surface area contributed by atoms with Crippen LogP contribution in [0.1, 0.15) is 73.1 Å². The number of carbonyl (C=O) groups is 1. The summed E-state index contributed by atoms with van der Waals surface area (Å²) >= 11 is 0. The van der Waals surface area contributed by atoms with Gasteiger partial charge in [0, 0.05) is 60.3 Å². The highest BCUT2D eigenvalue weighted by atomic mass is 32.2. The molecule has 1 aromatic heterocycles. The van der Waals surface area contributed by atoms with Crippen molar-refractivity contribution in [1.29, 1.82) is 0 Å². The first-order valence-electron chi connectivity index (χ1n) is 15.0. The average molecular weight is 645 g/mol. The Bertz CT molecular complexity index is 1610. The van der Waals surface area contributed by atoms with Gasteiger partial charge in [0.05, 0.1) is 10.5 Å². The first-order chi connectivity index (χ1) is 21.3. The Morgan fingerprint density at radius 1 is 1.11 bits per heavy atom. The molecule has 0 saturated heterocycles. The lowest BCUT2D eigenvalue weighted by Gasteiger charge is -2.18. The minimum Gasteiger partial charge on any atom is -0.326 e. The van der Waals surface area contributed by atoms with Crippen LogP contribution in [0.3, 0.4) is 0 Å². The molecule has 0 aliphatic heterocycles. The number of anilines is 2. The fourth-order valence-electron chi connectivity index (χ4n) is 4.57. The van der Waals surface area contributed by atoms with E-state index in [4.69, 9.17) is 0 Å². The number of hydrogen-bond acceptors (Lipinski definition) is 7. The van der Waals surface area contributed by atoms with Crippen molar-refractivity contribution in [1.82, 2.24) is 25.3 Å². The number of carbonyl (C=O) groups excluding carboxylic acids is 1. The molecule has 1 heterocycles. The van der Waals surface area contributed by atoms with Gasteiger partial charge in [0.15, 0.2) is 0 Å². The highest BCUT2D eigenvalue weighted by Crippen LogP contribution is 2.32. The van der Waals surface area contributed by atoms with Crippen molar-refractivity contribution >= 4 is 27.6 Å². The average Bonchev–Trinajstić information content (AvgIpc) is 3.79. The van der Waals surface area contributed by atoms with Crippen molar-refractivity contribution in [2.75, 3.05) is 11.9 Å². The fraction of sp³-hybridized carbons (Fsp3) is 0.406. The summed E-state index contributed by atoms with van der Waals surface area (Å²) in [6.07, 6.45) is 3.38. The quantitative estimate of drug-likeness (QED) is 0.160. The summed E-state index contributed by atoms with van der Waals surface area (Å²) in [5.41, 5.74) is 1.28. The molecule has 4 rings (SSSR count). The van der Waals surface area contributed by atoms with Gasteiger partial charge in [-0.1, -0.05) is 25.5 Å². The maximum Gasteiger partial charge on any atom is 0.416 e. The Kier molecular flexibility index (Phi) is 11.3. The molecule has 13 heteroatoms. The summed E-state index contributed by atoms with van der Waals surface area (Å²) in [7, 11) is -3.53. The molecule has 1 saturated carbocycles. The Morgan fingerprint density at radius 3 is 2.51 bits per heavy atom. The van der Waals surface area contributed by atoms with Crippen molar-refractivity contribution in [2.24, 2.45) is 0 Å². The van der Waals surface area contributed by atoms with Crippen LogP contribution in [-0.2, 0) is 22.6 Å². The van der Waals surface area contributed by atoms with E-state index in [2.05, 4.69) is 30.6 Å². The molecule has 1 atom stereocenters. The highest BCUT2D eigenvalue weighted by molar-refractivity contribution is 7.89. The van der Waals surface area contributed by atoms with Crippen molar-refractivity contribution in [3.8, 4) is 0 Å². The zero-order valence-electron chi connectivity index (χ0n) is 25.5. The van der Waals surface area contributed by atoms with E-state index in [-0.39, 0.29) is 28.1 Å². The van der Waals surface area contributed by atoms with Gasteiger partial charge in [0.2, 0.25) is 16.0 Å². The molecule has 9 nitrogen and oxygen atoms in total. The Balaban J connectivity index is 1.29. The van der Waals surface area contributed by atoms with Gasteiger partial charge in [-0.2, -0.15) is 13.2 Å². The Morgan fingerprint density at radius 2 is 1.84 bits per heavy atom. The van der Waals surface area contributed by atoms with Crippen LogP contribution in [0.5, 0.6) is 0 Å². The summed E-state index contributed by atoms with van der Waals surface area (Å²) in [5, 5.41) is 9.32. The minimum atomic E-state index is -4.54. The monoisotopic (exact) mass is 644 g/mol. The Labute approximate surface area is 262 Å². The van der Waals surface area contributed by atoms with E-state index in [0.29, 0.717) is 36.7 Å². The molecule has 242 valence electrons. The van der Waals surface area contributed by atoms with E-state index >= 15 is 0 Å². The second kappa shape index (κ2) is 15.0. The number of unbranched alkanes of at least 4 members (excludes halogenated alkanes) is 1. The molecule has 1 aliphatic rings. The molecule has 1 unspecified atom stereocenters. The Hall–Kier alpha value is -3.81. The fourth-order valence-corrected chi connectivity index (χ4v) is 5.87. The predicted octanol–water partition coefficient (Wildman–Crippen LogP) is 6.01. The third kappa shape index (κ3) is 10.4. The zero-order chi connectivity index (χ0) is 32.6. The summed E-state index contributed by atoms with van der Waals surface area (Å²) < 4.78 is 67.5. The molecule has 0 radical (unpaired) electrons. The highest BCUT2D eigenvalue weighted by Gasteiger charge is 2.33. The van der Waals surface area contributed by atoms with Gasteiger partial charge >= 0.3 is 6.18 Å². The maximum absolute atomic E-state index is 13.4. The predicted molar refractivity (Wildman–Crippen MR) is 168 cm³/mol. The van der Waals surface area contributed by atoms with Crippen LogP contribution < -0.4 is 20.7 Å². The largest absolute Gasteiger partial charge is 0.416 e. The van der Waals surface area contributed by atoms with Gasteiger partial charge in [-0.15, -0.1) is 0 Å². The number of amides is 1. The van der Waals surface area contributed by atoms with Crippen molar-refractivity contribution in [3.05, 3.63) is 88.9 Å². The topological polar surface area (TPSA) is 125 Å². The second-order valence-corrected chi connectivity index (χ2v) is 12.9. The van der Waals surface area contributed by atoms with Crippen LogP contribution in [0.2, 0.25) is 0 Å². The minimum absolute atomic E-state index is 0.0318. The molecular weight excluding hydrogens is 605 g/mol. The van der Waals surface area contributed by atoms with Crippen LogP contribution in [0.25, 0.3) is 0 Å². The molecule has 45 heavy (non-hydrogen) atoms. The van der Waals surface area contributed by atoms with Crippen LogP contribution in [0, 0.1) is 6.92 Å². The maximum atomic E-state index is 13.4. The number of alkyl halides is 3. The summed E-state index contributed by atoms with van der Waals surface area (Å²) in [6, 6.07) is 11.8. The molecule has 3 aromatic rings. The molecule has 1 aliphatic carbocycles. The number of aromatic nitrogens is 2. The number of nitrogens with zero attached hydrogens (tertiary/aromatic N) is 2. The number of hydrogen-bond donors (Lipinski definition) is 4. The standard InChI is InChI=1S/C32H39F3N6O3S/c1-4-5-6-27(38-30(42)23-8-7-21(2)29(20-23)32(33,34)35)19-22(3)36-17-15-25-16-18-37-31(40-25)39-24-11-13-28(14-12-24)45(43,44)41-26-9-10-26/h6-8,11-14,16,18,20,22,26,36,41H,4-5,9-10,15,17,19H2,1-3H3,(H,38,42)(H,37,39,40). The number of halogens is 3. The van der Waals surface area contributed by atoms with E-state index in [1.165, 1.54) is 31.2 Å². The first kappa shape index (κ1) is 34.1. The van der Waals surface area contributed by atoms with Gasteiger partial charge in [0.1, 0.15) is 0 Å². The lowest BCUT2D eigenvalue weighted by Crippen LogP contribution is -2.32. The van der Waals surface area contributed by atoms with Crippen LogP contribution in [-0.4, -0.2) is 42.9 Å². The van der Waals surface area contributed by atoms with Crippen LogP contribution in [0.4, 0.5) is 24.8 Å². The number of rotatable bonds is 15. The number of allylic oxidation sites excluding steroid dienone is 1. The third-order valence-electron chi connectivity index (χ3n) is 7.19. The van der Waals surface area contributed by atoms with E-state index < -0.39 is 27.7 Å². The van der Waals surface area contributed by atoms with Gasteiger partial charge in [-0.05, 0) is 81.1 Å². The van der Waals surface area contributed by atoms with E-state index in [0.717, 1.165) is 37.4 Å². The number of benzene rings is 2. The lowest BCUT2D eigenvalue weighted by molar-refractivity contribution is -0.138. The molecular formula is C32H39F3N6O3S. The summed E-state index contributed by atoms with van der Waals surface area (Å²) in [6.45, 7) is 5.92. The number of sulfonamides is 1. The van der Waals surface area contributed by atoms with Crippen molar-refractivity contribution in [3.63, 3.8) is 0 Å². The molecule has 1 fully saturated rings.